The van der Waals surface area contributed by atoms with Crippen molar-refractivity contribution in [3.05, 3.63) is 29.8 Å². The van der Waals surface area contributed by atoms with Crippen LogP contribution in [0.4, 0.5) is 10.5 Å². The fourth-order valence-corrected chi connectivity index (χ4v) is 2.23. The Morgan fingerprint density at radius 3 is 2.94 bits per heavy atom. The highest BCUT2D eigenvalue weighted by molar-refractivity contribution is 5.91. The van der Waals surface area contributed by atoms with Crippen molar-refractivity contribution in [1.82, 2.24) is 0 Å². The van der Waals surface area contributed by atoms with Gasteiger partial charge in [-0.15, -0.1) is 0 Å². The normalized spacial score (nSPS) is 18.0. The first-order valence-electron chi connectivity index (χ1n) is 5.80. The third-order valence-corrected chi connectivity index (χ3v) is 2.90. The maximum atomic E-state index is 11.9. The van der Waals surface area contributed by atoms with E-state index < -0.39 is 0 Å². The van der Waals surface area contributed by atoms with Crippen molar-refractivity contribution in [2.45, 2.75) is 19.4 Å². The molecule has 92 valence electrons. The van der Waals surface area contributed by atoms with Crippen molar-refractivity contribution >= 4 is 11.8 Å². The van der Waals surface area contributed by atoms with E-state index in [1.807, 2.05) is 31.2 Å². The smallest absolute Gasteiger partial charge is 0.414 e. The molecule has 1 aliphatic rings. The van der Waals surface area contributed by atoms with Gasteiger partial charge in [-0.25, -0.2) is 4.79 Å². The molecule has 0 radical (unpaired) electrons. The van der Waals surface area contributed by atoms with Crippen LogP contribution in [0.3, 0.4) is 0 Å². The van der Waals surface area contributed by atoms with E-state index in [0.717, 1.165) is 12.1 Å². The predicted octanol–water partition coefficient (Wildman–Crippen LogP) is 2.22. The molecule has 1 aromatic rings. The number of para-hydroxylation sites is 1. The fraction of sp³-hybridized carbons (Fsp3) is 0.462. The SMILES string of the molecule is CCOC(=O)N1c2ccccc2C[C@H]1COC. The minimum Gasteiger partial charge on any atom is -0.449 e. The minimum atomic E-state index is -0.292. The van der Waals surface area contributed by atoms with E-state index in [9.17, 15) is 4.79 Å². The van der Waals surface area contributed by atoms with E-state index >= 15 is 0 Å². The van der Waals surface area contributed by atoms with E-state index in [1.165, 1.54) is 5.56 Å². The highest BCUT2D eigenvalue weighted by atomic mass is 16.6. The van der Waals surface area contributed by atoms with Crippen LogP contribution in [-0.4, -0.2) is 32.5 Å². The summed E-state index contributed by atoms with van der Waals surface area (Å²) in [6.07, 6.45) is 0.530. The van der Waals surface area contributed by atoms with Crippen LogP contribution in [0.25, 0.3) is 0 Å². The summed E-state index contributed by atoms with van der Waals surface area (Å²) in [5.74, 6) is 0. The van der Waals surface area contributed by atoms with Crippen molar-refractivity contribution in [2.24, 2.45) is 0 Å². The molecular formula is C13H17NO3. The van der Waals surface area contributed by atoms with Gasteiger partial charge in [-0.05, 0) is 25.0 Å². The molecule has 1 atom stereocenters. The second-order valence-corrected chi connectivity index (χ2v) is 4.01. The molecule has 1 aromatic carbocycles. The van der Waals surface area contributed by atoms with Gasteiger partial charge in [-0.1, -0.05) is 18.2 Å². The second-order valence-electron chi connectivity index (χ2n) is 4.01. The zero-order chi connectivity index (χ0) is 12.3. The monoisotopic (exact) mass is 235 g/mol. The van der Waals surface area contributed by atoms with E-state index in [0.29, 0.717) is 13.2 Å². The molecule has 0 N–H and O–H groups in total. The standard InChI is InChI=1S/C13H17NO3/c1-3-17-13(15)14-11(9-16-2)8-10-6-4-5-7-12(10)14/h4-7,11H,3,8-9H2,1-2H3/t11-/m0/s1. The number of hydrogen-bond acceptors (Lipinski definition) is 3. The molecule has 0 saturated carbocycles. The first-order chi connectivity index (χ1) is 8.27. The van der Waals surface area contributed by atoms with Crippen LogP contribution in [0.5, 0.6) is 0 Å². The van der Waals surface area contributed by atoms with E-state index in [-0.39, 0.29) is 12.1 Å². The summed E-state index contributed by atoms with van der Waals surface area (Å²) in [5.41, 5.74) is 2.11. The lowest BCUT2D eigenvalue weighted by atomic mass is 10.1. The Balaban J connectivity index is 2.27. The molecule has 0 aromatic heterocycles. The Morgan fingerprint density at radius 1 is 1.47 bits per heavy atom. The molecule has 1 amide bonds. The number of ether oxygens (including phenoxy) is 2. The van der Waals surface area contributed by atoms with Crippen molar-refractivity contribution in [1.29, 1.82) is 0 Å². The highest BCUT2D eigenvalue weighted by Gasteiger charge is 2.34. The van der Waals surface area contributed by atoms with E-state index in [1.54, 1.807) is 12.0 Å². The summed E-state index contributed by atoms with van der Waals surface area (Å²) < 4.78 is 10.3. The Hall–Kier alpha value is -1.55. The topological polar surface area (TPSA) is 38.8 Å². The molecule has 0 bridgehead atoms. The number of nitrogens with zero attached hydrogens (tertiary/aromatic N) is 1. The lowest BCUT2D eigenvalue weighted by molar-refractivity contribution is 0.144. The van der Waals surface area contributed by atoms with Gasteiger partial charge in [0.25, 0.3) is 0 Å². The Kier molecular flexibility index (Phi) is 3.64. The van der Waals surface area contributed by atoms with Gasteiger partial charge in [-0.2, -0.15) is 0 Å². The summed E-state index contributed by atoms with van der Waals surface area (Å²) in [5, 5.41) is 0. The average Bonchev–Trinajstić information content (AvgIpc) is 2.67. The molecule has 4 nitrogen and oxygen atoms in total. The number of carbonyl (C=O) groups excluding carboxylic acids is 1. The molecule has 2 rings (SSSR count). The first kappa shape index (κ1) is 11.9. The van der Waals surface area contributed by atoms with Crippen molar-refractivity contribution in [3.63, 3.8) is 0 Å². The van der Waals surface area contributed by atoms with Gasteiger partial charge in [0.05, 0.1) is 24.9 Å². The van der Waals surface area contributed by atoms with Gasteiger partial charge in [-0.3, -0.25) is 4.90 Å². The van der Waals surface area contributed by atoms with Gasteiger partial charge in [0.2, 0.25) is 0 Å². The number of benzene rings is 1. The summed E-state index contributed by atoms with van der Waals surface area (Å²) in [6, 6.07) is 7.94. The molecule has 0 aliphatic carbocycles. The molecule has 0 unspecified atom stereocenters. The van der Waals surface area contributed by atoms with Gasteiger partial charge in [0, 0.05) is 7.11 Å². The molecule has 4 heteroatoms. The van der Waals surface area contributed by atoms with Crippen molar-refractivity contribution < 1.29 is 14.3 Å². The molecule has 0 spiro atoms. The molecule has 17 heavy (non-hydrogen) atoms. The zero-order valence-corrected chi connectivity index (χ0v) is 10.2. The van der Waals surface area contributed by atoms with Crippen LogP contribution in [-0.2, 0) is 15.9 Å². The van der Waals surface area contributed by atoms with Gasteiger partial charge >= 0.3 is 6.09 Å². The molecule has 1 heterocycles. The van der Waals surface area contributed by atoms with Crippen molar-refractivity contribution in [2.75, 3.05) is 25.2 Å². The molecule has 1 aliphatic heterocycles. The largest absolute Gasteiger partial charge is 0.449 e. The second kappa shape index (κ2) is 5.19. The average molecular weight is 235 g/mol. The number of carbonyl (C=O) groups is 1. The number of hydrogen-bond donors (Lipinski definition) is 0. The summed E-state index contributed by atoms with van der Waals surface area (Å²) >= 11 is 0. The van der Waals surface area contributed by atoms with Crippen LogP contribution >= 0.6 is 0 Å². The summed E-state index contributed by atoms with van der Waals surface area (Å²) in [7, 11) is 1.65. The number of amides is 1. The van der Waals surface area contributed by atoms with Crippen LogP contribution in [0.15, 0.2) is 24.3 Å². The van der Waals surface area contributed by atoms with Crippen molar-refractivity contribution in [3.8, 4) is 0 Å². The first-order valence-corrected chi connectivity index (χ1v) is 5.80. The van der Waals surface area contributed by atoms with Crippen LogP contribution in [0.1, 0.15) is 12.5 Å². The summed E-state index contributed by atoms with van der Waals surface area (Å²) in [6.45, 7) is 2.72. The maximum absolute atomic E-state index is 11.9. The third-order valence-electron chi connectivity index (χ3n) is 2.90. The van der Waals surface area contributed by atoms with E-state index in [4.69, 9.17) is 9.47 Å². The van der Waals surface area contributed by atoms with Crippen LogP contribution < -0.4 is 4.90 Å². The third kappa shape index (κ3) is 2.26. The molecular weight excluding hydrogens is 218 g/mol. The Bertz CT molecular complexity index is 405. The number of rotatable bonds is 3. The van der Waals surface area contributed by atoms with Gasteiger partial charge in [0.15, 0.2) is 0 Å². The quantitative estimate of drug-likeness (QED) is 0.806. The van der Waals surface area contributed by atoms with Crippen LogP contribution in [0.2, 0.25) is 0 Å². The maximum Gasteiger partial charge on any atom is 0.414 e. The van der Waals surface area contributed by atoms with Gasteiger partial charge < -0.3 is 9.47 Å². The Morgan fingerprint density at radius 2 is 2.24 bits per heavy atom. The summed E-state index contributed by atoms with van der Waals surface area (Å²) in [4.78, 5) is 13.6. The van der Waals surface area contributed by atoms with Crippen LogP contribution in [0, 0.1) is 0 Å². The zero-order valence-electron chi connectivity index (χ0n) is 10.2. The Labute approximate surface area is 101 Å². The number of fused-ring (bicyclic) bond motifs is 1. The number of methoxy groups -OCH3 is 1. The minimum absolute atomic E-state index is 0.0384. The molecule has 0 saturated heterocycles. The lowest BCUT2D eigenvalue weighted by Gasteiger charge is -2.23. The van der Waals surface area contributed by atoms with E-state index in [2.05, 4.69) is 0 Å². The van der Waals surface area contributed by atoms with Gasteiger partial charge in [0.1, 0.15) is 0 Å². The fourth-order valence-electron chi connectivity index (χ4n) is 2.23. The number of anilines is 1. The molecule has 0 fully saturated rings. The lowest BCUT2D eigenvalue weighted by Crippen LogP contribution is -2.40. The predicted molar refractivity (Wildman–Crippen MR) is 65.3 cm³/mol. The highest BCUT2D eigenvalue weighted by Crippen LogP contribution is 2.32.